The summed E-state index contributed by atoms with van der Waals surface area (Å²) in [6.45, 7) is 13.1. The van der Waals surface area contributed by atoms with Gasteiger partial charge in [-0.25, -0.2) is 4.79 Å². The summed E-state index contributed by atoms with van der Waals surface area (Å²) < 4.78 is 22.4. The highest BCUT2D eigenvalue weighted by Crippen LogP contribution is 2.28. The summed E-state index contributed by atoms with van der Waals surface area (Å²) in [6.07, 6.45) is 1.80. The zero-order valence-corrected chi connectivity index (χ0v) is 13.4. The number of rotatable bonds is 11. The van der Waals surface area contributed by atoms with Crippen LogP contribution in [-0.2, 0) is 22.8 Å². The van der Waals surface area contributed by atoms with Gasteiger partial charge < -0.3 is 18.0 Å². The van der Waals surface area contributed by atoms with Crippen LogP contribution in [0.1, 0.15) is 34.1 Å². The Bertz CT molecular complexity index is 253. The third-order valence-corrected chi connectivity index (χ3v) is 6.17. The summed E-state index contributed by atoms with van der Waals surface area (Å²) in [4.78, 5) is 11.0. The molecular weight excluding hydrogens is 264 g/mol. The van der Waals surface area contributed by atoms with Crippen LogP contribution in [0.15, 0.2) is 12.7 Å². The lowest BCUT2D eigenvalue weighted by Crippen LogP contribution is -2.49. The number of carbonyl (C=O) groups excluding carboxylic acids is 1. The minimum absolute atomic E-state index is 0.0740. The van der Waals surface area contributed by atoms with Crippen molar-refractivity contribution in [3.63, 3.8) is 0 Å². The van der Waals surface area contributed by atoms with Crippen molar-refractivity contribution < 1.29 is 22.8 Å². The molecule has 19 heavy (non-hydrogen) atoms. The van der Waals surface area contributed by atoms with E-state index < -0.39 is 14.8 Å². The van der Waals surface area contributed by atoms with Crippen LogP contribution in [0.25, 0.3) is 0 Å². The van der Waals surface area contributed by atoms with Gasteiger partial charge >= 0.3 is 14.8 Å². The van der Waals surface area contributed by atoms with Crippen molar-refractivity contribution in [2.75, 3.05) is 26.4 Å². The molecule has 0 rings (SSSR count). The van der Waals surface area contributed by atoms with Gasteiger partial charge in [0.25, 0.3) is 0 Å². The SMILES string of the molecule is C=CC(=O)OCCC(C)[Si](OCC)(OCC)OCC. The van der Waals surface area contributed by atoms with E-state index in [4.69, 9.17) is 18.0 Å². The van der Waals surface area contributed by atoms with Crippen LogP contribution in [0.3, 0.4) is 0 Å². The molecule has 0 aromatic carbocycles. The van der Waals surface area contributed by atoms with Crippen molar-refractivity contribution in [1.29, 1.82) is 0 Å². The van der Waals surface area contributed by atoms with Gasteiger partial charge in [0.1, 0.15) is 0 Å². The summed E-state index contributed by atoms with van der Waals surface area (Å²) in [5, 5.41) is 0. The van der Waals surface area contributed by atoms with Crippen LogP contribution < -0.4 is 0 Å². The molecule has 0 aliphatic rings. The lowest BCUT2D eigenvalue weighted by Gasteiger charge is -2.33. The maximum absolute atomic E-state index is 11.0. The largest absolute Gasteiger partial charge is 0.504 e. The maximum Gasteiger partial charge on any atom is 0.504 e. The number of hydrogen-bond donors (Lipinski definition) is 0. The summed E-state index contributed by atoms with van der Waals surface area (Å²) in [6, 6.07) is 0. The fourth-order valence-corrected chi connectivity index (χ4v) is 4.51. The standard InChI is InChI=1S/C13H26O5Si/c1-6-13(14)15-11-10-12(5)19(16-7-2,17-8-3)18-9-4/h6,12H,1,7-11H2,2-5H3. The molecule has 0 saturated heterocycles. The Morgan fingerprint density at radius 1 is 1.16 bits per heavy atom. The molecule has 6 heteroatoms. The third kappa shape index (κ3) is 6.33. The van der Waals surface area contributed by atoms with E-state index in [1.807, 2.05) is 27.7 Å². The topological polar surface area (TPSA) is 54.0 Å². The number of carbonyl (C=O) groups is 1. The Labute approximate surface area is 117 Å². The van der Waals surface area contributed by atoms with Gasteiger partial charge in [0.2, 0.25) is 0 Å². The maximum atomic E-state index is 11.0. The van der Waals surface area contributed by atoms with Crippen molar-refractivity contribution in [1.82, 2.24) is 0 Å². The van der Waals surface area contributed by atoms with Gasteiger partial charge in [-0.15, -0.1) is 0 Å². The third-order valence-electron chi connectivity index (χ3n) is 2.60. The monoisotopic (exact) mass is 290 g/mol. The molecule has 0 amide bonds. The zero-order chi connectivity index (χ0) is 14.7. The van der Waals surface area contributed by atoms with Gasteiger partial charge in [0.05, 0.1) is 6.61 Å². The second-order valence-electron chi connectivity index (χ2n) is 3.96. The van der Waals surface area contributed by atoms with E-state index in [9.17, 15) is 4.79 Å². The Balaban J connectivity index is 4.54. The van der Waals surface area contributed by atoms with E-state index >= 15 is 0 Å². The molecular formula is C13H26O5Si. The summed E-state index contributed by atoms with van der Waals surface area (Å²) in [5.41, 5.74) is 0.0740. The van der Waals surface area contributed by atoms with Gasteiger partial charge in [-0.1, -0.05) is 13.5 Å². The average Bonchev–Trinajstić information content (AvgIpc) is 2.39. The average molecular weight is 290 g/mol. The highest BCUT2D eigenvalue weighted by Gasteiger charge is 2.46. The normalized spacial score (nSPS) is 13.1. The van der Waals surface area contributed by atoms with Crippen molar-refractivity contribution in [3.8, 4) is 0 Å². The molecule has 1 atom stereocenters. The van der Waals surface area contributed by atoms with Crippen LogP contribution in [-0.4, -0.2) is 41.2 Å². The number of ether oxygens (including phenoxy) is 1. The van der Waals surface area contributed by atoms with Crippen LogP contribution in [0.4, 0.5) is 0 Å². The first-order valence-corrected chi connectivity index (χ1v) is 8.57. The summed E-state index contributed by atoms with van der Waals surface area (Å²) in [7, 11) is -2.70. The molecule has 0 aliphatic heterocycles. The fraction of sp³-hybridized carbons (Fsp3) is 0.769. The Morgan fingerprint density at radius 2 is 1.63 bits per heavy atom. The molecule has 0 aromatic rings. The quantitative estimate of drug-likeness (QED) is 0.332. The fourth-order valence-electron chi connectivity index (χ4n) is 1.73. The molecule has 112 valence electrons. The molecule has 0 aliphatic carbocycles. The molecule has 0 radical (unpaired) electrons. The van der Waals surface area contributed by atoms with E-state index in [1.165, 1.54) is 0 Å². The molecule has 0 aromatic heterocycles. The molecule has 5 nitrogen and oxygen atoms in total. The van der Waals surface area contributed by atoms with Gasteiger partial charge in [0, 0.05) is 31.4 Å². The second-order valence-corrected chi connectivity index (χ2v) is 7.02. The molecule has 0 saturated carbocycles. The lowest BCUT2D eigenvalue weighted by atomic mass is 10.3. The van der Waals surface area contributed by atoms with E-state index in [1.54, 1.807) is 0 Å². The molecule has 0 N–H and O–H groups in total. The molecule has 0 fully saturated rings. The molecule has 0 heterocycles. The van der Waals surface area contributed by atoms with Crippen LogP contribution >= 0.6 is 0 Å². The zero-order valence-electron chi connectivity index (χ0n) is 12.4. The summed E-state index contributed by atoms with van der Waals surface area (Å²) in [5.74, 6) is -0.413. The van der Waals surface area contributed by atoms with Gasteiger partial charge in [-0.05, 0) is 27.2 Å². The number of hydrogen-bond acceptors (Lipinski definition) is 5. The minimum atomic E-state index is -2.70. The highest BCUT2D eigenvalue weighted by atomic mass is 28.4. The highest BCUT2D eigenvalue weighted by molar-refractivity contribution is 6.62. The van der Waals surface area contributed by atoms with E-state index in [2.05, 4.69) is 6.58 Å². The first-order valence-electron chi connectivity index (χ1n) is 6.77. The molecule has 0 spiro atoms. The Kier molecular flexibility index (Phi) is 9.77. The first kappa shape index (κ1) is 18.3. The van der Waals surface area contributed by atoms with Gasteiger partial charge in [-0.3, -0.25) is 0 Å². The smallest absolute Gasteiger partial charge is 0.463 e. The van der Waals surface area contributed by atoms with Crippen LogP contribution in [0, 0.1) is 0 Å². The molecule has 1 unspecified atom stereocenters. The minimum Gasteiger partial charge on any atom is -0.463 e. The van der Waals surface area contributed by atoms with E-state index in [-0.39, 0.29) is 5.54 Å². The van der Waals surface area contributed by atoms with Gasteiger partial charge in [0.15, 0.2) is 0 Å². The Morgan fingerprint density at radius 3 is 2.00 bits per heavy atom. The summed E-state index contributed by atoms with van der Waals surface area (Å²) >= 11 is 0. The van der Waals surface area contributed by atoms with E-state index in [0.29, 0.717) is 32.8 Å². The van der Waals surface area contributed by atoms with Crippen molar-refractivity contribution in [2.24, 2.45) is 0 Å². The lowest BCUT2D eigenvalue weighted by molar-refractivity contribution is -0.137. The predicted molar refractivity (Wildman–Crippen MR) is 75.8 cm³/mol. The van der Waals surface area contributed by atoms with Crippen molar-refractivity contribution in [3.05, 3.63) is 12.7 Å². The predicted octanol–water partition coefficient (Wildman–Crippen LogP) is 2.54. The van der Waals surface area contributed by atoms with Crippen LogP contribution in [0.2, 0.25) is 5.54 Å². The number of esters is 1. The first-order chi connectivity index (χ1) is 9.06. The Hall–Kier alpha value is -0.693. The second kappa shape index (κ2) is 10.1. The van der Waals surface area contributed by atoms with Crippen molar-refractivity contribution in [2.45, 2.75) is 39.7 Å². The van der Waals surface area contributed by atoms with E-state index in [0.717, 1.165) is 6.08 Å². The van der Waals surface area contributed by atoms with Gasteiger partial charge in [-0.2, -0.15) is 0 Å². The molecule has 0 bridgehead atoms. The van der Waals surface area contributed by atoms with Crippen molar-refractivity contribution >= 4 is 14.8 Å². The van der Waals surface area contributed by atoms with Crippen LogP contribution in [0.5, 0.6) is 0 Å².